The van der Waals surface area contributed by atoms with E-state index in [0.717, 1.165) is 16.6 Å². The molecule has 1 aromatic heterocycles. The highest BCUT2D eigenvalue weighted by Crippen LogP contribution is 2.31. The van der Waals surface area contributed by atoms with Crippen LogP contribution >= 0.6 is 0 Å². The van der Waals surface area contributed by atoms with Gasteiger partial charge in [-0.2, -0.15) is 0 Å². The van der Waals surface area contributed by atoms with Crippen LogP contribution in [-0.4, -0.2) is 24.2 Å². The zero-order valence-corrected chi connectivity index (χ0v) is 14.0. The van der Waals surface area contributed by atoms with E-state index in [1.54, 1.807) is 6.92 Å². The van der Waals surface area contributed by atoms with E-state index in [4.69, 9.17) is 5.73 Å². The number of hydrogen-bond donors (Lipinski definition) is 1. The topological polar surface area (TPSA) is 78.0 Å². The Hall–Kier alpha value is -1.40. The van der Waals surface area contributed by atoms with Gasteiger partial charge < -0.3 is 10.3 Å². The van der Waals surface area contributed by atoms with Crippen molar-refractivity contribution in [2.24, 2.45) is 5.73 Å². The number of nitrogens with zero attached hydrogens (tertiary/aromatic N) is 2. The molecule has 1 heterocycles. The molecule has 0 saturated heterocycles. The summed E-state index contributed by atoms with van der Waals surface area (Å²) in [5.74, 6) is 0.578. The minimum Gasteiger partial charge on any atom is -0.326 e. The molecule has 0 saturated carbocycles. The smallest absolute Gasteiger partial charge is 0.157 e. The van der Waals surface area contributed by atoms with Crippen LogP contribution in [-0.2, 0) is 21.9 Å². The van der Waals surface area contributed by atoms with E-state index in [2.05, 4.69) is 4.98 Å². The number of nitrogens with two attached hydrogens (primary N) is 1. The molecule has 0 bridgehead atoms. The van der Waals surface area contributed by atoms with E-state index in [1.807, 2.05) is 43.5 Å². The SMILES string of the molecule is CC(c1nc2cc(CN)ccc2n1C(C)(C)C)S(C)(=O)=O. The normalized spacial score (nSPS) is 14.6. The maximum absolute atomic E-state index is 11.9. The highest BCUT2D eigenvalue weighted by atomic mass is 32.2. The van der Waals surface area contributed by atoms with Crippen LogP contribution in [0.3, 0.4) is 0 Å². The fourth-order valence-electron chi connectivity index (χ4n) is 2.44. The van der Waals surface area contributed by atoms with Gasteiger partial charge in [0.05, 0.1) is 11.0 Å². The second-order valence-corrected chi connectivity index (χ2v) is 8.84. The highest BCUT2D eigenvalue weighted by Gasteiger charge is 2.29. The summed E-state index contributed by atoms with van der Waals surface area (Å²) in [5, 5.41) is -0.648. The van der Waals surface area contributed by atoms with E-state index < -0.39 is 15.1 Å². The lowest BCUT2D eigenvalue weighted by Gasteiger charge is -2.26. The maximum Gasteiger partial charge on any atom is 0.157 e. The molecule has 6 heteroatoms. The minimum absolute atomic E-state index is 0.257. The Kier molecular flexibility index (Phi) is 3.88. The van der Waals surface area contributed by atoms with Gasteiger partial charge in [-0.05, 0) is 45.4 Å². The highest BCUT2D eigenvalue weighted by molar-refractivity contribution is 7.90. The summed E-state index contributed by atoms with van der Waals surface area (Å²) >= 11 is 0. The molecule has 1 aromatic carbocycles. The number of hydrogen-bond acceptors (Lipinski definition) is 4. The van der Waals surface area contributed by atoms with Gasteiger partial charge in [-0.25, -0.2) is 13.4 Å². The van der Waals surface area contributed by atoms with Gasteiger partial charge in [0.15, 0.2) is 9.84 Å². The lowest BCUT2D eigenvalue weighted by molar-refractivity contribution is 0.393. The average Bonchev–Trinajstić information content (AvgIpc) is 2.74. The Labute approximate surface area is 126 Å². The van der Waals surface area contributed by atoms with Crippen molar-refractivity contribution in [3.8, 4) is 0 Å². The Morgan fingerprint density at radius 3 is 2.43 bits per heavy atom. The molecule has 0 aliphatic carbocycles. The van der Waals surface area contributed by atoms with Crippen LogP contribution in [0.25, 0.3) is 11.0 Å². The zero-order valence-electron chi connectivity index (χ0n) is 13.2. The van der Waals surface area contributed by atoms with Gasteiger partial charge in [-0.1, -0.05) is 6.07 Å². The van der Waals surface area contributed by atoms with E-state index >= 15 is 0 Å². The lowest BCUT2D eigenvalue weighted by atomic mass is 10.1. The molecule has 2 aromatic rings. The molecule has 5 nitrogen and oxygen atoms in total. The monoisotopic (exact) mass is 309 g/mol. The van der Waals surface area contributed by atoms with Crippen molar-refractivity contribution >= 4 is 20.9 Å². The molecule has 116 valence electrons. The van der Waals surface area contributed by atoms with Crippen molar-refractivity contribution in [3.05, 3.63) is 29.6 Å². The summed E-state index contributed by atoms with van der Waals surface area (Å²) in [5.41, 5.74) is 8.12. The summed E-state index contributed by atoms with van der Waals surface area (Å²) < 4.78 is 25.9. The van der Waals surface area contributed by atoms with E-state index in [-0.39, 0.29) is 5.54 Å². The molecule has 2 N–H and O–H groups in total. The molecule has 0 fully saturated rings. The lowest BCUT2D eigenvalue weighted by Crippen LogP contribution is -2.26. The first-order valence-electron chi connectivity index (χ1n) is 6.96. The van der Waals surface area contributed by atoms with Crippen molar-refractivity contribution in [1.82, 2.24) is 9.55 Å². The van der Waals surface area contributed by atoms with Gasteiger partial charge in [0.1, 0.15) is 11.1 Å². The van der Waals surface area contributed by atoms with Crippen molar-refractivity contribution < 1.29 is 8.42 Å². The van der Waals surface area contributed by atoms with Gasteiger partial charge in [-0.15, -0.1) is 0 Å². The van der Waals surface area contributed by atoms with Crippen molar-refractivity contribution in [3.63, 3.8) is 0 Å². The third-order valence-electron chi connectivity index (χ3n) is 3.66. The molecular formula is C15H23N3O2S. The van der Waals surface area contributed by atoms with E-state index in [9.17, 15) is 8.42 Å². The van der Waals surface area contributed by atoms with Crippen LogP contribution in [0.1, 0.15) is 44.3 Å². The first-order chi connectivity index (χ1) is 9.55. The predicted molar refractivity (Wildman–Crippen MR) is 85.9 cm³/mol. The summed E-state index contributed by atoms with van der Waals surface area (Å²) in [6.45, 7) is 8.26. The molecule has 1 unspecified atom stereocenters. The molecule has 2 rings (SSSR count). The van der Waals surface area contributed by atoms with E-state index in [0.29, 0.717) is 12.4 Å². The van der Waals surface area contributed by atoms with Crippen LogP contribution in [0, 0.1) is 0 Å². The molecule has 0 amide bonds. The van der Waals surface area contributed by atoms with Crippen LogP contribution in [0.5, 0.6) is 0 Å². The van der Waals surface area contributed by atoms with Crippen LogP contribution in [0.2, 0.25) is 0 Å². The van der Waals surface area contributed by atoms with Crippen molar-refractivity contribution in [2.45, 2.75) is 45.0 Å². The number of fused-ring (bicyclic) bond motifs is 1. The average molecular weight is 309 g/mol. The fraction of sp³-hybridized carbons (Fsp3) is 0.533. The van der Waals surface area contributed by atoms with E-state index in [1.165, 1.54) is 6.26 Å². The third kappa shape index (κ3) is 2.96. The Balaban J connectivity index is 2.80. The number of benzene rings is 1. The molecule has 21 heavy (non-hydrogen) atoms. The van der Waals surface area contributed by atoms with Gasteiger partial charge in [0.25, 0.3) is 0 Å². The first kappa shape index (κ1) is 16.0. The van der Waals surface area contributed by atoms with Crippen LogP contribution < -0.4 is 5.73 Å². The van der Waals surface area contributed by atoms with Crippen LogP contribution in [0.4, 0.5) is 0 Å². The largest absolute Gasteiger partial charge is 0.326 e. The Morgan fingerprint density at radius 2 is 1.95 bits per heavy atom. The number of aromatic nitrogens is 2. The predicted octanol–water partition coefficient (Wildman–Crippen LogP) is 2.36. The minimum atomic E-state index is -3.21. The Bertz CT molecular complexity index is 770. The van der Waals surface area contributed by atoms with Crippen molar-refractivity contribution in [2.75, 3.05) is 6.26 Å². The quantitative estimate of drug-likeness (QED) is 0.944. The van der Waals surface area contributed by atoms with Gasteiger partial charge >= 0.3 is 0 Å². The fourth-order valence-corrected chi connectivity index (χ4v) is 2.98. The Morgan fingerprint density at radius 1 is 1.33 bits per heavy atom. The number of sulfone groups is 1. The summed E-state index contributed by atoms with van der Waals surface area (Å²) in [4.78, 5) is 4.58. The standard InChI is InChI=1S/C15H23N3O2S/c1-10(21(5,19)20)14-17-12-8-11(9-16)6-7-13(12)18(14)15(2,3)4/h6-8,10H,9,16H2,1-5H3. The maximum atomic E-state index is 11.9. The van der Waals surface area contributed by atoms with Crippen molar-refractivity contribution in [1.29, 1.82) is 0 Å². The zero-order chi connectivity index (χ0) is 16.0. The number of imidazole rings is 1. The van der Waals surface area contributed by atoms with Gasteiger partial charge in [0, 0.05) is 18.3 Å². The number of rotatable bonds is 3. The van der Waals surface area contributed by atoms with Gasteiger partial charge in [-0.3, -0.25) is 0 Å². The molecule has 0 aliphatic heterocycles. The van der Waals surface area contributed by atoms with Crippen LogP contribution in [0.15, 0.2) is 18.2 Å². The first-order valence-corrected chi connectivity index (χ1v) is 8.92. The molecular weight excluding hydrogens is 286 g/mol. The third-order valence-corrected chi connectivity index (χ3v) is 5.15. The summed E-state index contributed by atoms with van der Waals surface area (Å²) in [6, 6.07) is 5.85. The molecule has 1 atom stereocenters. The molecule has 0 radical (unpaired) electrons. The molecule has 0 spiro atoms. The summed E-state index contributed by atoms with van der Waals surface area (Å²) in [6.07, 6.45) is 1.25. The van der Waals surface area contributed by atoms with Gasteiger partial charge in [0.2, 0.25) is 0 Å². The molecule has 0 aliphatic rings. The second kappa shape index (κ2) is 5.10. The second-order valence-electron chi connectivity index (χ2n) is 6.48. The summed E-state index contributed by atoms with van der Waals surface area (Å²) in [7, 11) is -3.21.